The van der Waals surface area contributed by atoms with Crippen LogP contribution < -0.4 is 4.90 Å². The molecule has 20 heavy (non-hydrogen) atoms. The Morgan fingerprint density at radius 1 is 1.35 bits per heavy atom. The first-order valence-electron chi connectivity index (χ1n) is 6.06. The highest BCUT2D eigenvalue weighted by Gasteiger charge is 2.36. The fourth-order valence-corrected chi connectivity index (χ4v) is 1.99. The lowest BCUT2D eigenvalue weighted by Gasteiger charge is -2.17. The van der Waals surface area contributed by atoms with Crippen LogP contribution in [0.25, 0.3) is 0 Å². The number of carboxylic acids is 1. The maximum atomic E-state index is 12.1. The summed E-state index contributed by atoms with van der Waals surface area (Å²) in [7, 11) is 0. The van der Waals surface area contributed by atoms with Gasteiger partial charge >= 0.3 is 12.0 Å². The van der Waals surface area contributed by atoms with E-state index in [1.165, 1.54) is 23.1 Å². The van der Waals surface area contributed by atoms with E-state index in [1.54, 1.807) is 6.07 Å². The summed E-state index contributed by atoms with van der Waals surface area (Å²) in [5.74, 6) is -1.52. The molecule has 1 aliphatic heterocycles. The van der Waals surface area contributed by atoms with Crippen molar-refractivity contribution < 1.29 is 23.9 Å². The molecule has 0 aromatic heterocycles. The molecule has 1 saturated heterocycles. The lowest BCUT2D eigenvalue weighted by atomic mass is 10.2. The Hall–Kier alpha value is -2.44. The second-order valence-corrected chi connectivity index (χ2v) is 4.31. The van der Waals surface area contributed by atoms with E-state index >= 15 is 0 Å². The molecule has 0 spiro atoms. The number of rotatable bonds is 5. The van der Waals surface area contributed by atoms with Gasteiger partial charge in [0.25, 0.3) is 5.91 Å². The Bertz CT molecular complexity index is 561. The topological polar surface area (TPSA) is 77.9 Å². The molecule has 0 bridgehead atoms. The van der Waals surface area contributed by atoms with Gasteiger partial charge in [0, 0.05) is 12.2 Å². The molecule has 1 fully saturated rings. The molecule has 7 heteroatoms. The molecule has 0 atom stereocenters. The van der Waals surface area contributed by atoms with Gasteiger partial charge in [0.15, 0.2) is 0 Å². The van der Waals surface area contributed by atoms with Crippen LogP contribution in [0.4, 0.5) is 14.9 Å². The molecule has 6 nitrogen and oxygen atoms in total. The fraction of sp³-hybridized carbons (Fsp3) is 0.308. The number of halogens is 1. The van der Waals surface area contributed by atoms with Gasteiger partial charge in [-0.25, -0.2) is 9.59 Å². The van der Waals surface area contributed by atoms with Crippen molar-refractivity contribution in [1.29, 1.82) is 0 Å². The number of alkyl halides is 1. The minimum Gasteiger partial charge on any atom is -0.478 e. The van der Waals surface area contributed by atoms with Crippen LogP contribution in [0.3, 0.4) is 0 Å². The van der Waals surface area contributed by atoms with Gasteiger partial charge in [0.2, 0.25) is 0 Å². The number of urea groups is 1. The number of anilines is 1. The highest BCUT2D eigenvalue weighted by Crippen LogP contribution is 2.22. The van der Waals surface area contributed by atoms with Crippen LogP contribution >= 0.6 is 0 Å². The third-order valence-corrected chi connectivity index (χ3v) is 2.98. The zero-order chi connectivity index (χ0) is 14.7. The van der Waals surface area contributed by atoms with Crippen LogP contribution in [0.1, 0.15) is 16.8 Å². The Labute approximate surface area is 114 Å². The van der Waals surface area contributed by atoms with Gasteiger partial charge in [-0.05, 0) is 24.6 Å². The van der Waals surface area contributed by atoms with Crippen LogP contribution in [-0.2, 0) is 4.79 Å². The number of carbonyl (C=O) groups excluding carboxylic acids is 2. The summed E-state index contributed by atoms with van der Waals surface area (Å²) >= 11 is 0. The summed E-state index contributed by atoms with van der Waals surface area (Å²) in [6.45, 7) is -0.733. The smallest absolute Gasteiger partial charge is 0.335 e. The number of carboxylic acid groups (broad SMARTS) is 1. The second-order valence-electron chi connectivity index (χ2n) is 4.31. The highest BCUT2D eigenvalue weighted by atomic mass is 19.1. The van der Waals surface area contributed by atoms with Crippen molar-refractivity contribution in [3.05, 3.63) is 29.8 Å². The number of amides is 3. The van der Waals surface area contributed by atoms with Gasteiger partial charge in [0.05, 0.1) is 12.2 Å². The molecule has 1 heterocycles. The first-order chi connectivity index (χ1) is 9.54. The first-order valence-corrected chi connectivity index (χ1v) is 6.06. The Kier molecular flexibility index (Phi) is 3.97. The zero-order valence-corrected chi connectivity index (χ0v) is 10.6. The van der Waals surface area contributed by atoms with Crippen molar-refractivity contribution in [2.24, 2.45) is 0 Å². The SMILES string of the molecule is O=C(O)c1cccc(N2CC(=O)N(CCCF)C2=O)c1. The van der Waals surface area contributed by atoms with Gasteiger partial charge in [-0.3, -0.25) is 19.0 Å². The molecular weight excluding hydrogens is 267 g/mol. The minimum atomic E-state index is -1.11. The average Bonchev–Trinajstić information content (AvgIpc) is 2.72. The van der Waals surface area contributed by atoms with Gasteiger partial charge in [-0.15, -0.1) is 0 Å². The first kappa shape index (κ1) is 14.0. The largest absolute Gasteiger partial charge is 0.478 e. The quantitative estimate of drug-likeness (QED) is 0.829. The summed E-state index contributed by atoms with van der Waals surface area (Å²) in [6, 6.07) is 5.23. The normalized spacial score (nSPS) is 15.1. The molecule has 1 aromatic carbocycles. The molecular formula is C13H13FN2O4. The summed E-state index contributed by atoms with van der Waals surface area (Å²) < 4.78 is 12.1. The van der Waals surface area contributed by atoms with E-state index in [4.69, 9.17) is 5.11 Å². The molecule has 0 unspecified atom stereocenters. The van der Waals surface area contributed by atoms with Crippen molar-refractivity contribution in [1.82, 2.24) is 4.90 Å². The van der Waals surface area contributed by atoms with Gasteiger partial charge in [-0.1, -0.05) is 6.07 Å². The summed E-state index contributed by atoms with van der Waals surface area (Å²) in [6.07, 6.45) is 0.0977. The maximum absolute atomic E-state index is 12.1. The monoisotopic (exact) mass is 280 g/mol. The lowest BCUT2D eigenvalue weighted by Crippen LogP contribution is -2.34. The number of benzene rings is 1. The van der Waals surface area contributed by atoms with Crippen molar-refractivity contribution >= 4 is 23.6 Å². The number of imide groups is 1. The molecule has 106 valence electrons. The fourth-order valence-electron chi connectivity index (χ4n) is 1.99. The summed E-state index contributed by atoms with van der Waals surface area (Å²) in [5, 5.41) is 8.92. The van der Waals surface area contributed by atoms with E-state index in [2.05, 4.69) is 0 Å². The second kappa shape index (κ2) is 5.68. The van der Waals surface area contributed by atoms with Gasteiger partial charge < -0.3 is 5.11 Å². The number of aromatic carboxylic acids is 1. The van der Waals surface area contributed by atoms with E-state index < -0.39 is 24.6 Å². The molecule has 0 radical (unpaired) electrons. The third-order valence-electron chi connectivity index (χ3n) is 2.98. The molecule has 0 aliphatic carbocycles. The van der Waals surface area contributed by atoms with Crippen LogP contribution in [0.5, 0.6) is 0 Å². The van der Waals surface area contributed by atoms with Crippen LogP contribution in [0.2, 0.25) is 0 Å². The Morgan fingerprint density at radius 2 is 2.10 bits per heavy atom. The Morgan fingerprint density at radius 3 is 2.75 bits per heavy atom. The van der Waals surface area contributed by atoms with E-state index in [9.17, 15) is 18.8 Å². The van der Waals surface area contributed by atoms with Crippen molar-refractivity contribution in [3.8, 4) is 0 Å². The van der Waals surface area contributed by atoms with Crippen molar-refractivity contribution in [2.45, 2.75) is 6.42 Å². The molecule has 1 N–H and O–H groups in total. The predicted molar refractivity (Wildman–Crippen MR) is 68.4 cm³/mol. The molecule has 0 saturated carbocycles. The highest BCUT2D eigenvalue weighted by molar-refractivity contribution is 6.12. The van der Waals surface area contributed by atoms with E-state index in [1.807, 2.05) is 0 Å². The zero-order valence-electron chi connectivity index (χ0n) is 10.6. The van der Waals surface area contributed by atoms with Crippen molar-refractivity contribution in [3.63, 3.8) is 0 Å². The Balaban J connectivity index is 2.22. The summed E-state index contributed by atoms with van der Waals surface area (Å²) in [4.78, 5) is 36.8. The minimum absolute atomic E-state index is 0.0310. The number of carbonyl (C=O) groups is 3. The number of hydrogen-bond acceptors (Lipinski definition) is 3. The summed E-state index contributed by atoms with van der Waals surface area (Å²) in [5.41, 5.74) is 0.371. The number of nitrogens with zero attached hydrogens (tertiary/aromatic N) is 2. The molecule has 3 amide bonds. The standard InChI is InChI=1S/C13H13FN2O4/c14-5-2-6-15-11(17)8-16(13(15)20)10-4-1-3-9(7-10)12(18)19/h1,3-4,7H,2,5-6,8H2,(H,18,19). The van der Waals surface area contributed by atoms with E-state index in [0.717, 1.165) is 4.90 Å². The average molecular weight is 280 g/mol. The van der Waals surface area contributed by atoms with E-state index in [0.29, 0.717) is 5.69 Å². The molecule has 1 aromatic rings. The number of hydrogen-bond donors (Lipinski definition) is 1. The van der Waals surface area contributed by atoms with Crippen LogP contribution in [0.15, 0.2) is 24.3 Å². The van der Waals surface area contributed by atoms with Crippen molar-refractivity contribution in [2.75, 3.05) is 24.7 Å². The maximum Gasteiger partial charge on any atom is 0.335 e. The predicted octanol–water partition coefficient (Wildman–Crippen LogP) is 1.51. The van der Waals surface area contributed by atoms with Crippen LogP contribution in [-0.4, -0.2) is 47.7 Å². The lowest BCUT2D eigenvalue weighted by molar-refractivity contribution is -0.124. The molecule has 2 rings (SSSR count). The van der Waals surface area contributed by atoms with E-state index in [-0.39, 0.29) is 25.1 Å². The van der Waals surface area contributed by atoms with Gasteiger partial charge in [0.1, 0.15) is 6.54 Å². The molecule has 1 aliphatic rings. The van der Waals surface area contributed by atoms with Gasteiger partial charge in [-0.2, -0.15) is 0 Å². The third kappa shape index (κ3) is 2.61. The van der Waals surface area contributed by atoms with Crippen LogP contribution in [0, 0.1) is 0 Å².